The Kier molecular flexibility index (Phi) is 4.56. The minimum Gasteiger partial charge on any atom is -0.478 e. The van der Waals surface area contributed by atoms with Crippen molar-refractivity contribution < 1.29 is 9.90 Å². The maximum Gasteiger partial charge on any atom is 0.343 e. The molecule has 1 aromatic heterocycles. The van der Waals surface area contributed by atoms with Gasteiger partial charge < -0.3 is 5.11 Å². The lowest BCUT2D eigenvalue weighted by molar-refractivity contribution is 0.0689. The number of H-pyrrole nitrogens is 1. The highest BCUT2D eigenvalue weighted by atomic mass is 32.2. The maximum atomic E-state index is 11.5. The van der Waals surface area contributed by atoms with Crippen LogP contribution in [0, 0.1) is 0 Å². The molecule has 0 amide bonds. The number of carbonyl (C=O) groups is 1. The number of nitrogens with zero attached hydrogens (tertiary/aromatic N) is 2. The second kappa shape index (κ2) is 6.19. The highest BCUT2D eigenvalue weighted by Gasteiger charge is 2.18. The van der Waals surface area contributed by atoms with Crippen LogP contribution in [-0.2, 0) is 6.54 Å². The Hall–Kier alpha value is -1.67. The number of benzene rings is 1. The molecule has 0 aliphatic heterocycles. The van der Waals surface area contributed by atoms with Crippen molar-refractivity contribution in [2.75, 3.05) is 6.26 Å². The minimum atomic E-state index is -0.988. The van der Waals surface area contributed by atoms with Gasteiger partial charge in [0.2, 0.25) is 0 Å². The number of hydrogen-bond donors (Lipinski definition) is 2. The molecule has 106 valence electrons. The van der Waals surface area contributed by atoms with Gasteiger partial charge in [-0.25, -0.2) is 14.7 Å². The molecule has 0 aliphatic rings. The van der Waals surface area contributed by atoms with Crippen molar-refractivity contribution in [3.05, 3.63) is 34.2 Å². The number of rotatable bonds is 5. The van der Waals surface area contributed by atoms with Crippen molar-refractivity contribution in [3.63, 3.8) is 0 Å². The first-order valence-electron chi connectivity index (χ1n) is 5.81. The number of carboxylic acids is 1. The van der Waals surface area contributed by atoms with Crippen LogP contribution in [0.4, 0.5) is 0 Å². The van der Waals surface area contributed by atoms with Crippen LogP contribution in [0.1, 0.15) is 17.3 Å². The van der Waals surface area contributed by atoms with Gasteiger partial charge in [0.1, 0.15) is 0 Å². The van der Waals surface area contributed by atoms with Gasteiger partial charge in [0.15, 0.2) is 5.16 Å². The summed E-state index contributed by atoms with van der Waals surface area (Å²) in [5, 5.41) is 16.1. The van der Waals surface area contributed by atoms with Crippen LogP contribution >= 0.6 is 23.5 Å². The van der Waals surface area contributed by atoms with E-state index in [0.29, 0.717) is 21.5 Å². The number of thioether (sulfide) groups is 1. The molecule has 1 aromatic carbocycles. The summed E-state index contributed by atoms with van der Waals surface area (Å²) in [6.07, 6.45) is 1.83. The predicted molar refractivity (Wildman–Crippen MR) is 77.8 cm³/mol. The largest absolute Gasteiger partial charge is 0.478 e. The second-order valence-electron chi connectivity index (χ2n) is 3.80. The van der Waals surface area contributed by atoms with Gasteiger partial charge in [-0.1, -0.05) is 6.07 Å². The molecule has 0 unspecified atom stereocenters. The number of aromatic nitrogens is 3. The molecule has 0 radical (unpaired) electrons. The van der Waals surface area contributed by atoms with Crippen molar-refractivity contribution in [1.29, 1.82) is 0 Å². The molecule has 20 heavy (non-hydrogen) atoms. The van der Waals surface area contributed by atoms with E-state index in [1.807, 2.05) is 13.2 Å². The van der Waals surface area contributed by atoms with Crippen molar-refractivity contribution in [2.24, 2.45) is 0 Å². The van der Waals surface area contributed by atoms with Gasteiger partial charge in [0, 0.05) is 16.3 Å². The molecule has 0 spiro atoms. The normalized spacial score (nSPS) is 10.7. The Morgan fingerprint density at radius 3 is 2.75 bits per heavy atom. The Bertz CT molecular complexity index is 693. The van der Waals surface area contributed by atoms with Crippen LogP contribution in [-0.4, -0.2) is 32.1 Å². The summed E-state index contributed by atoms with van der Waals surface area (Å²) < 4.78 is 1.46. The summed E-state index contributed by atoms with van der Waals surface area (Å²) in [6.45, 7) is 2.31. The van der Waals surface area contributed by atoms with E-state index in [0.717, 1.165) is 0 Å². The van der Waals surface area contributed by atoms with E-state index in [-0.39, 0.29) is 11.3 Å². The molecular formula is C12H13N3O3S2. The summed E-state index contributed by atoms with van der Waals surface area (Å²) in [4.78, 5) is 24.2. The molecule has 0 atom stereocenters. The third kappa shape index (κ3) is 2.75. The SMILES string of the molecule is CCn1c(Sc2cccc(SC)c2C(=O)O)n[nH]c1=O. The van der Waals surface area contributed by atoms with E-state index in [1.165, 1.54) is 28.1 Å². The summed E-state index contributed by atoms with van der Waals surface area (Å²) in [5.74, 6) is -0.988. The molecule has 0 saturated heterocycles. The molecule has 2 rings (SSSR count). The highest BCUT2D eigenvalue weighted by molar-refractivity contribution is 7.99. The molecule has 8 heteroatoms. The average molecular weight is 311 g/mol. The van der Waals surface area contributed by atoms with E-state index < -0.39 is 5.97 Å². The van der Waals surface area contributed by atoms with Crippen LogP contribution in [0.25, 0.3) is 0 Å². The third-order valence-corrected chi connectivity index (χ3v) is 4.50. The molecule has 0 fully saturated rings. The van der Waals surface area contributed by atoms with Crippen molar-refractivity contribution >= 4 is 29.5 Å². The first-order valence-corrected chi connectivity index (χ1v) is 7.86. The van der Waals surface area contributed by atoms with Gasteiger partial charge >= 0.3 is 11.7 Å². The Morgan fingerprint density at radius 2 is 2.15 bits per heavy atom. The zero-order valence-electron chi connectivity index (χ0n) is 10.9. The quantitative estimate of drug-likeness (QED) is 0.823. The van der Waals surface area contributed by atoms with Crippen LogP contribution in [0.2, 0.25) is 0 Å². The lowest BCUT2D eigenvalue weighted by atomic mass is 10.2. The number of carboxylic acid groups (broad SMARTS) is 1. The monoisotopic (exact) mass is 311 g/mol. The summed E-state index contributed by atoms with van der Waals surface area (Å²) in [5.41, 5.74) is -0.0593. The predicted octanol–water partition coefficient (Wildman–Crippen LogP) is 2.16. The Labute approximate surface area is 123 Å². The third-order valence-electron chi connectivity index (χ3n) is 2.66. The molecule has 1 heterocycles. The van der Waals surface area contributed by atoms with Gasteiger partial charge in [0.05, 0.1) is 5.56 Å². The topological polar surface area (TPSA) is 88.0 Å². The van der Waals surface area contributed by atoms with E-state index in [4.69, 9.17) is 0 Å². The zero-order valence-corrected chi connectivity index (χ0v) is 12.5. The smallest absolute Gasteiger partial charge is 0.343 e. The minimum absolute atomic E-state index is 0.239. The molecular weight excluding hydrogens is 298 g/mol. The fourth-order valence-electron chi connectivity index (χ4n) is 1.74. The van der Waals surface area contributed by atoms with Gasteiger partial charge in [-0.2, -0.15) is 0 Å². The standard InChI is InChI=1S/C12H13N3O3S2/c1-3-15-11(18)13-14-12(15)20-8-6-4-5-7(19-2)9(8)10(16)17/h4-6H,3H2,1-2H3,(H,13,18)(H,16,17). The number of nitrogens with one attached hydrogen (secondary N) is 1. The zero-order chi connectivity index (χ0) is 14.7. The maximum absolute atomic E-state index is 11.5. The van der Waals surface area contributed by atoms with Crippen LogP contribution in [0.15, 0.2) is 37.9 Å². The fraction of sp³-hybridized carbons (Fsp3) is 0.250. The van der Waals surface area contributed by atoms with Gasteiger partial charge in [-0.15, -0.1) is 16.9 Å². The lowest BCUT2D eigenvalue weighted by Gasteiger charge is -2.09. The van der Waals surface area contributed by atoms with E-state index in [1.54, 1.807) is 18.2 Å². The van der Waals surface area contributed by atoms with E-state index in [2.05, 4.69) is 10.2 Å². The van der Waals surface area contributed by atoms with Gasteiger partial charge in [-0.05, 0) is 37.1 Å². The van der Waals surface area contributed by atoms with Gasteiger partial charge in [0.25, 0.3) is 0 Å². The molecule has 0 bridgehead atoms. The summed E-state index contributed by atoms with van der Waals surface area (Å²) in [7, 11) is 0. The molecule has 0 saturated carbocycles. The van der Waals surface area contributed by atoms with E-state index in [9.17, 15) is 14.7 Å². The average Bonchev–Trinajstić information content (AvgIpc) is 2.78. The van der Waals surface area contributed by atoms with E-state index >= 15 is 0 Å². The summed E-state index contributed by atoms with van der Waals surface area (Å²) in [6, 6.07) is 5.27. The fourth-order valence-corrected chi connectivity index (χ4v) is 3.47. The van der Waals surface area contributed by atoms with Gasteiger partial charge in [-0.3, -0.25) is 4.57 Å². The van der Waals surface area contributed by atoms with Crippen molar-refractivity contribution in [1.82, 2.24) is 14.8 Å². The molecule has 6 nitrogen and oxygen atoms in total. The second-order valence-corrected chi connectivity index (χ2v) is 5.65. The highest BCUT2D eigenvalue weighted by Crippen LogP contribution is 2.33. The summed E-state index contributed by atoms with van der Waals surface area (Å²) >= 11 is 2.54. The Balaban J connectivity index is 2.48. The van der Waals surface area contributed by atoms with Crippen molar-refractivity contribution in [3.8, 4) is 0 Å². The first-order chi connectivity index (χ1) is 9.58. The molecule has 2 aromatic rings. The van der Waals surface area contributed by atoms with Crippen LogP contribution in [0.5, 0.6) is 0 Å². The van der Waals surface area contributed by atoms with Crippen molar-refractivity contribution in [2.45, 2.75) is 28.4 Å². The molecule has 0 aliphatic carbocycles. The number of aromatic amines is 1. The van der Waals surface area contributed by atoms with Crippen LogP contribution < -0.4 is 5.69 Å². The molecule has 2 N–H and O–H groups in total. The first kappa shape index (κ1) is 14.7. The Morgan fingerprint density at radius 1 is 1.45 bits per heavy atom. The van der Waals surface area contributed by atoms with Crippen LogP contribution in [0.3, 0.4) is 0 Å². The number of hydrogen-bond acceptors (Lipinski definition) is 5. The number of aromatic carboxylic acids is 1. The lowest BCUT2D eigenvalue weighted by Crippen LogP contribution is -2.16.